The molecule has 0 spiro atoms. The summed E-state index contributed by atoms with van der Waals surface area (Å²) in [6.07, 6.45) is 2.38. The van der Waals surface area contributed by atoms with Gasteiger partial charge in [0.2, 0.25) is 0 Å². The van der Waals surface area contributed by atoms with Gasteiger partial charge in [-0.3, -0.25) is 9.69 Å². The summed E-state index contributed by atoms with van der Waals surface area (Å²) in [5.74, 6) is -1.65. The Morgan fingerprint density at radius 1 is 1.22 bits per heavy atom. The Morgan fingerprint density at radius 2 is 1.97 bits per heavy atom. The minimum absolute atomic E-state index is 0.135. The minimum Gasteiger partial charge on any atom is -0.489 e. The molecule has 0 unspecified atom stereocenters. The third-order valence-corrected chi connectivity index (χ3v) is 6.94. The van der Waals surface area contributed by atoms with E-state index < -0.39 is 30.9 Å². The molecule has 8 nitrogen and oxygen atoms in total. The molecule has 10 heteroatoms. The number of rotatable bonds is 10. The van der Waals surface area contributed by atoms with Crippen molar-refractivity contribution in [1.29, 1.82) is 0 Å². The predicted octanol–water partition coefficient (Wildman–Crippen LogP) is 2.32. The van der Waals surface area contributed by atoms with Crippen molar-refractivity contribution in [2.75, 3.05) is 26.2 Å². The molecule has 0 saturated carbocycles. The molecule has 2 aromatic rings. The lowest BCUT2D eigenvalue weighted by atomic mass is 9.75. The largest absolute Gasteiger partial charge is 0.492 e. The third kappa shape index (κ3) is 6.50. The van der Waals surface area contributed by atoms with Crippen molar-refractivity contribution in [3.05, 3.63) is 58.4 Å². The quantitative estimate of drug-likeness (QED) is 0.373. The van der Waals surface area contributed by atoms with Crippen LogP contribution >= 0.6 is 0 Å². The van der Waals surface area contributed by atoms with Gasteiger partial charge in [-0.2, -0.15) is 0 Å². The highest BCUT2D eigenvalue weighted by molar-refractivity contribution is 6.62. The van der Waals surface area contributed by atoms with Crippen molar-refractivity contribution in [1.82, 2.24) is 10.2 Å². The summed E-state index contributed by atoms with van der Waals surface area (Å²) in [4.78, 5) is 28.1. The predicted molar refractivity (Wildman–Crippen MR) is 137 cm³/mol. The number of fused-ring (bicyclic) bond motifs is 1. The maximum Gasteiger partial charge on any atom is 0.492 e. The van der Waals surface area contributed by atoms with Crippen LogP contribution in [0.3, 0.4) is 0 Å². The first-order valence-corrected chi connectivity index (χ1v) is 12.8. The number of nitrogens with one attached hydrogen (secondary N) is 1. The maximum atomic E-state index is 14.5. The lowest BCUT2D eigenvalue weighted by molar-refractivity contribution is -0.148. The Labute approximate surface area is 217 Å². The summed E-state index contributed by atoms with van der Waals surface area (Å²) in [6, 6.07) is 6.99. The number of hydrogen-bond donors (Lipinski definition) is 2. The number of benzene rings is 2. The number of amides is 1. The molecule has 4 rings (SSSR count). The fraction of sp³-hybridized carbons (Fsp3) is 0.481. The van der Waals surface area contributed by atoms with Gasteiger partial charge in [-0.25, -0.2) is 9.18 Å². The van der Waals surface area contributed by atoms with E-state index in [0.29, 0.717) is 28.8 Å². The Hall–Kier alpha value is -2.95. The first kappa shape index (κ1) is 27.1. The van der Waals surface area contributed by atoms with Crippen molar-refractivity contribution >= 4 is 24.5 Å². The van der Waals surface area contributed by atoms with Gasteiger partial charge in [0, 0.05) is 12.1 Å². The number of likely N-dealkylation sites (tertiary alicyclic amines) is 1. The highest BCUT2D eigenvalue weighted by Gasteiger charge is 2.32. The second kappa shape index (κ2) is 12.1. The zero-order valence-electron chi connectivity index (χ0n) is 21.6. The van der Waals surface area contributed by atoms with Gasteiger partial charge >= 0.3 is 13.1 Å². The van der Waals surface area contributed by atoms with E-state index in [2.05, 4.69) is 10.2 Å². The van der Waals surface area contributed by atoms with Gasteiger partial charge in [0.25, 0.3) is 5.91 Å². The van der Waals surface area contributed by atoms with Gasteiger partial charge in [-0.15, -0.1) is 0 Å². The van der Waals surface area contributed by atoms with Crippen LogP contribution in [0, 0.1) is 18.7 Å². The second-order valence-electron chi connectivity index (χ2n) is 9.94. The summed E-state index contributed by atoms with van der Waals surface area (Å²) in [5, 5.41) is 12.8. The summed E-state index contributed by atoms with van der Waals surface area (Å²) in [6.45, 7) is 8.77. The average Bonchev–Trinajstić information content (AvgIpc) is 3.52. The van der Waals surface area contributed by atoms with Crippen LogP contribution < -0.4 is 15.5 Å². The number of nitrogens with zero attached hydrogens (tertiary/aromatic N) is 1. The fourth-order valence-corrected chi connectivity index (χ4v) is 4.76. The van der Waals surface area contributed by atoms with Gasteiger partial charge < -0.3 is 24.5 Å². The molecule has 2 aliphatic rings. The fourth-order valence-electron chi connectivity index (χ4n) is 4.76. The Bertz CT molecular complexity index is 1140. The molecule has 0 bridgehead atoms. The molecule has 0 aromatic heterocycles. The molecule has 0 aliphatic carbocycles. The average molecular weight is 512 g/mol. The van der Waals surface area contributed by atoms with Crippen LogP contribution in [0.2, 0.25) is 0 Å². The highest BCUT2D eigenvalue weighted by Crippen LogP contribution is 2.20. The van der Waals surface area contributed by atoms with E-state index in [0.717, 1.165) is 25.2 Å². The Morgan fingerprint density at radius 3 is 2.68 bits per heavy atom. The third-order valence-electron chi connectivity index (χ3n) is 6.94. The van der Waals surface area contributed by atoms with Gasteiger partial charge in [0.1, 0.15) is 19.3 Å². The van der Waals surface area contributed by atoms with E-state index in [4.69, 9.17) is 14.1 Å². The number of hydrogen-bond acceptors (Lipinski definition) is 7. The van der Waals surface area contributed by atoms with Gasteiger partial charge in [0.05, 0.1) is 6.61 Å². The number of ether oxygens (including phenoxy) is 2. The van der Waals surface area contributed by atoms with Gasteiger partial charge in [-0.05, 0) is 79.1 Å². The van der Waals surface area contributed by atoms with Crippen molar-refractivity contribution in [2.45, 2.75) is 52.9 Å². The molecule has 1 atom stereocenters. The number of halogens is 1. The summed E-state index contributed by atoms with van der Waals surface area (Å²) < 4.78 is 30.8. The van der Waals surface area contributed by atoms with Gasteiger partial charge in [0.15, 0.2) is 11.6 Å². The first-order valence-electron chi connectivity index (χ1n) is 12.8. The molecule has 1 saturated heterocycles. The zero-order valence-corrected chi connectivity index (χ0v) is 21.6. The van der Waals surface area contributed by atoms with Crippen molar-refractivity contribution < 1.29 is 33.1 Å². The van der Waals surface area contributed by atoms with Gasteiger partial charge in [-0.1, -0.05) is 26.0 Å². The lowest BCUT2D eigenvalue weighted by Crippen LogP contribution is -2.46. The number of carbonyl (C=O) groups excluding carboxylic acids is 2. The van der Waals surface area contributed by atoms with Crippen LogP contribution in [0.4, 0.5) is 4.39 Å². The molecule has 2 heterocycles. The Balaban J connectivity index is 1.32. The normalized spacial score (nSPS) is 16.1. The molecule has 1 fully saturated rings. The highest BCUT2D eigenvalue weighted by atomic mass is 19.1. The summed E-state index contributed by atoms with van der Waals surface area (Å²) >= 11 is 0. The lowest BCUT2D eigenvalue weighted by Gasteiger charge is -2.22. The molecule has 2 N–H and O–H groups in total. The van der Waals surface area contributed by atoms with E-state index in [1.807, 2.05) is 0 Å². The first-order chi connectivity index (χ1) is 17.7. The SMILES string of the molecule is Cc1c(C(=O)N[C@H](C(=O)OCc2ccc(OCCN3CCCC3)c(F)c2)C(C)C)ccc2c1B(O)OC2. The maximum absolute atomic E-state index is 14.5. The molecular weight excluding hydrogens is 478 g/mol. The standard InChI is InChI=1S/C27H34BFN2O6/c1-17(2)25(30-26(32)21-8-7-20-16-37-28(34)24(20)18(21)3)27(33)36-15-19-6-9-23(22(29)14-19)35-13-12-31-10-4-5-11-31/h6-9,14,17,25,34H,4-5,10-13,15-16H2,1-3H3,(H,30,32)/t25-/m0/s1. The molecule has 1 amide bonds. The number of esters is 1. The van der Waals surface area contributed by atoms with E-state index in [-0.39, 0.29) is 24.9 Å². The van der Waals surface area contributed by atoms with Crippen LogP contribution in [0.1, 0.15) is 53.7 Å². The van der Waals surface area contributed by atoms with E-state index in [1.54, 1.807) is 45.0 Å². The Kier molecular flexibility index (Phi) is 8.84. The molecule has 37 heavy (non-hydrogen) atoms. The topological polar surface area (TPSA) is 97.3 Å². The van der Waals surface area contributed by atoms with E-state index in [1.165, 1.54) is 18.9 Å². The second-order valence-corrected chi connectivity index (χ2v) is 9.94. The van der Waals surface area contributed by atoms with Crippen LogP contribution in [0.15, 0.2) is 30.3 Å². The van der Waals surface area contributed by atoms with E-state index >= 15 is 0 Å². The van der Waals surface area contributed by atoms with Crippen LogP contribution in [-0.4, -0.2) is 61.2 Å². The van der Waals surface area contributed by atoms with Crippen molar-refractivity contribution in [2.24, 2.45) is 5.92 Å². The van der Waals surface area contributed by atoms with Crippen molar-refractivity contribution in [3.63, 3.8) is 0 Å². The molecule has 2 aromatic carbocycles. The van der Waals surface area contributed by atoms with Crippen LogP contribution in [-0.2, 0) is 27.4 Å². The summed E-state index contributed by atoms with van der Waals surface area (Å²) in [5.41, 5.74) is 2.85. The summed E-state index contributed by atoms with van der Waals surface area (Å²) in [7, 11) is -1.07. The van der Waals surface area contributed by atoms with Crippen LogP contribution in [0.5, 0.6) is 5.75 Å². The molecule has 198 valence electrons. The van der Waals surface area contributed by atoms with Crippen LogP contribution in [0.25, 0.3) is 0 Å². The molecular formula is C27H34BFN2O6. The minimum atomic E-state index is -1.07. The number of carbonyl (C=O) groups is 2. The molecule has 0 radical (unpaired) electrons. The molecule has 2 aliphatic heterocycles. The monoisotopic (exact) mass is 512 g/mol. The smallest absolute Gasteiger partial charge is 0.489 e. The zero-order chi connectivity index (χ0) is 26.5. The van der Waals surface area contributed by atoms with E-state index in [9.17, 15) is 19.0 Å². The van der Waals surface area contributed by atoms with Crippen molar-refractivity contribution in [3.8, 4) is 5.75 Å².